The molecule has 0 fully saturated rings. The van der Waals surface area contributed by atoms with E-state index in [9.17, 15) is 48.3 Å². The molecular weight excluding hydrogens is 829 g/mol. The van der Waals surface area contributed by atoms with Crippen LogP contribution in [0.5, 0.6) is 0 Å². The minimum Gasteiger partial charge on any atom is -0.480 e. The second-order valence-corrected chi connectivity index (χ2v) is 15.7. The molecule has 0 heterocycles. The van der Waals surface area contributed by atoms with Crippen molar-refractivity contribution in [2.75, 3.05) is 18.8 Å². The molecule has 1 aromatic carbocycles. The third-order valence-corrected chi connectivity index (χ3v) is 9.52. The standard InChI is InChI=1S/C39H64N12O10S/c1-20(2)16-26(35(57)46-22(5)38(60)61)49-34(56)25(13-14-29(40)52)48-36(58)28(19-62)51-33(55)24(12-9-15-44-39(42)43)47-30(53)18-45-32(54)27(17-23-10-7-6-8-11-23)50-37(59)31(41)21(3)4/h6-8,10-11,20-22,24-28,31,62H,9,12-19,41H2,1-5H3,(H2,40,52)(H,45,54)(H,46,57)(H,47,53)(H,48,58)(H,49,56)(H,50,59)(H,51,55)(H,60,61)(H4,42,43,44)/t22-,24-,25-,26-,27-,28-,31-/m0/s1. The van der Waals surface area contributed by atoms with Crippen molar-refractivity contribution in [2.24, 2.45) is 39.8 Å². The number of rotatable bonds is 28. The summed E-state index contributed by atoms with van der Waals surface area (Å²) in [6, 6.07) is 0.144. The van der Waals surface area contributed by atoms with E-state index in [1.54, 1.807) is 58.0 Å². The number of hydrogen-bond donors (Lipinski definition) is 13. The van der Waals surface area contributed by atoms with E-state index in [1.807, 2.05) is 0 Å². The third-order valence-electron chi connectivity index (χ3n) is 9.15. The first-order chi connectivity index (χ1) is 29.0. The van der Waals surface area contributed by atoms with E-state index in [4.69, 9.17) is 22.9 Å². The number of primary amides is 1. The molecule has 0 aliphatic carbocycles. The zero-order valence-electron chi connectivity index (χ0n) is 35.8. The highest BCUT2D eigenvalue weighted by molar-refractivity contribution is 7.80. The molecule has 0 saturated carbocycles. The molecule has 0 bridgehead atoms. The first kappa shape index (κ1) is 54.0. The topological polar surface area (TPSA) is 375 Å². The lowest BCUT2D eigenvalue weighted by atomic mass is 10.0. The second-order valence-electron chi connectivity index (χ2n) is 15.4. The normalized spacial score (nSPS) is 14.3. The SMILES string of the molecule is CC(C)C[C@H](NC(=O)[C@H](CCC(N)=O)NC(=O)[C@H](CS)NC(=O)[C@H](CCCN=C(N)N)NC(=O)CNC(=O)[C@H](Cc1ccccc1)NC(=O)[C@@H](N)C(C)C)C(=O)N[C@@H](C)C(=O)O. The summed E-state index contributed by atoms with van der Waals surface area (Å²) in [5.74, 6) is -8.55. The van der Waals surface area contributed by atoms with Crippen LogP contribution in [0.4, 0.5) is 0 Å². The molecule has 0 unspecified atom stereocenters. The van der Waals surface area contributed by atoms with Crippen LogP contribution in [0.15, 0.2) is 35.3 Å². The Bertz CT molecular complexity index is 1730. The minimum absolute atomic E-state index is 0.0492. The number of nitrogens with zero attached hydrogens (tertiary/aromatic N) is 1. The number of nitrogens with two attached hydrogens (primary N) is 4. The largest absolute Gasteiger partial charge is 0.480 e. The van der Waals surface area contributed by atoms with E-state index in [0.29, 0.717) is 0 Å². The van der Waals surface area contributed by atoms with Crippen molar-refractivity contribution >= 4 is 71.8 Å². The van der Waals surface area contributed by atoms with E-state index in [2.05, 4.69) is 54.8 Å². The Balaban J connectivity index is 3.22. The van der Waals surface area contributed by atoms with Crippen molar-refractivity contribution in [2.45, 2.75) is 115 Å². The van der Waals surface area contributed by atoms with Gasteiger partial charge in [0, 0.05) is 25.1 Å². The van der Waals surface area contributed by atoms with Gasteiger partial charge in [-0.05, 0) is 50.0 Å². The molecule has 23 heteroatoms. The van der Waals surface area contributed by atoms with Crippen molar-refractivity contribution in [1.29, 1.82) is 0 Å². The Hall–Kier alpha value is -5.97. The molecule has 0 aliphatic heterocycles. The first-order valence-corrected chi connectivity index (χ1v) is 20.7. The number of hydrogen-bond acceptors (Lipinski definition) is 12. The number of nitrogens with one attached hydrogen (secondary N) is 7. The quantitative estimate of drug-likeness (QED) is 0.0169. The number of aliphatic imine (C=N–C) groups is 1. The van der Waals surface area contributed by atoms with Crippen LogP contribution in [0.25, 0.3) is 0 Å². The highest BCUT2D eigenvalue weighted by Crippen LogP contribution is 2.09. The number of aliphatic carboxylic acids is 1. The number of carbonyl (C=O) groups excluding carboxylic acids is 8. The maximum Gasteiger partial charge on any atom is 0.325 e. The summed E-state index contributed by atoms with van der Waals surface area (Å²) in [6.45, 7) is 7.72. The molecule has 1 rings (SSSR count). The Kier molecular flexibility index (Phi) is 24.2. The lowest BCUT2D eigenvalue weighted by Crippen LogP contribution is -2.59. The molecule has 62 heavy (non-hydrogen) atoms. The number of benzene rings is 1. The lowest BCUT2D eigenvalue weighted by Gasteiger charge is -2.27. The van der Waals surface area contributed by atoms with Gasteiger partial charge in [-0.15, -0.1) is 0 Å². The van der Waals surface area contributed by atoms with Crippen LogP contribution in [0.1, 0.15) is 72.3 Å². The number of carboxylic acids is 1. The summed E-state index contributed by atoms with van der Waals surface area (Å²) < 4.78 is 0. The van der Waals surface area contributed by atoms with Crippen molar-refractivity contribution in [3.05, 3.63) is 35.9 Å². The number of carbonyl (C=O) groups is 9. The predicted molar refractivity (Wildman–Crippen MR) is 233 cm³/mol. The van der Waals surface area contributed by atoms with E-state index in [-0.39, 0.29) is 68.6 Å². The molecule has 0 aliphatic rings. The monoisotopic (exact) mass is 892 g/mol. The second kappa shape index (κ2) is 27.8. The molecule has 0 spiro atoms. The maximum absolute atomic E-state index is 13.7. The summed E-state index contributed by atoms with van der Waals surface area (Å²) in [7, 11) is 0. The Morgan fingerprint density at radius 3 is 1.74 bits per heavy atom. The average molecular weight is 893 g/mol. The summed E-state index contributed by atoms with van der Waals surface area (Å²) in [5.41, 5.74) is 22.9. The van der Waals surface area contributed by atoms with Gasteiger partial charge in [-0.25, -0.2) is 0 Å². The maximum atomic E-state index is 13.7. The predicted octanol–water partition coefficient (Wildman–Crippen LogP) is -3.36. The zero-order chi connectivity index (χ0) is 47.1. The van der Waals surface area contributed by atoms with Gasteiger partial charge in [0.1, 0.15) is 36.3 Å². The van der Waals surface area contributed by atoms with Crippen LogP contribution >= 0.6 is 12.6 Å². The number of carboxylic acid groups (broad SMARTS) is 1. The molecule has 22 nitrogen and oxygen atoms in total. The number of thiol groups is 1. The summed E-state index contributed by atoms with van der Waals surface area (Å²) in [6.07, 6.45) is -0.373. The van der Waals surface area contributed by atoms with Gasteiger partial charge in [-0.1, -0.05) is 58.0 Å². The van der Waals surface area contributed by atoms with Gasteiger partial charge in [-0.3, -0.25) is 48.1 Å². The van der Waals surface area contributed by atoms with E-state index < -0.39 is 102 Å². The first-order valence-electron chi connectivity index (χ1n) is 20.1. The van der Waals surface area contributed by atoms with E-state index >= 15 is 0 Å². The molecule has 0 saturated heterocycles. The van der Waals surface area contributed by atoms with Crippen molar-refractivity contribution in [1.82, 2.24) is 37.2 Å². The van der Waals surface area contributed by atoms with Crippen molar-refractivity contribution in [3.8, 4) is 0 Å². The third kappa shape index (κ3) is 21.0. The lowest BCUT2D eigenvalue weighted by molar-refractivity contribution is -0.142. The van der Waals surface area contributed by atoms with Crippen LogP contribution in [0.2, 0.25) is 0 Å². The summed E-state index contributed by atoms with van der Waals surface area (Å²) in [5, 5.41) is 26.6. The van der Waals surface area contributed by atoms with Gasteiger partial charge in [0.25, 0.3) is 0 Å². The zero-order valence-corrected chi connectivity index (χ0v) is 36.7. The van der Waals surface area contributed by atoms with Crippen LogP contribution < -0.4 is 60.2 Å². The van der Waals surface area contributed by atoms with Crippen molar-refractivity contribution < 1.29 is 48.3 Å². The number of amides is 8. The molecule has 8 amide bonds. The molecular formula is C39H64N12O10S. The van der Waals surface area contributed by atoms with Crippen molar-refractivity contribution in [3.63, 3.8) is 0 Å². The molecule has 0 radical (unpaired) electrons. The summed E-state index contributed by atoms with van der Waals surface area (Å²) in [4.78, 5) is 120. The fourth-order valence-corrected chi connectivity index (χ4v) is 5.84. The van der Waals surface area contributed by atoms with E-state index in [1.165, 1.54) is 6.92 Å². The number of guanidine groups is 1. The van der Waals surface area contributed by atoms with Gasteiger partial charge in [-0.2, -0.15) is 12.6 Å². The van der Waals surface area contributed by atoms with E-state index in [0.717, 1.165) is 5.56 Å². The molecule has 16 N–H and O–H groups in total. The Labute approximate surface area is 366 Å². The average Bonchev–Trinajstić information content (AvgIpc) is 3.20. The highest BCUT2D eigenvalue weighted by atomic mass is 32.1. The van der Waals surface area contributed by atoms with Crippen LogP contribution in [0.3, 0.4) is 0 Å². The molecule has 1 aromatic rings. The van der Waals surface area contributed by atoms with Crippen LogP contribution in [0, 0.1) is 11.8 Å². The van der Waals surface area contributed by atoms with Gasteiger partial charge in [0.2, 0.25) is 47.3 Å². The Morgan fingerprint density at radius 2 is 1.21 bits per heavy atom. The van der Waals surface area contributed by atoms with Crippen LogP contribution in [-0.4, -0.2) is 125 Å². The minimum atomic E-state index is -1.45. The Morgan fingerprint density at radius 1 is 0.677 bits per heavy atom. The molecule has 0 aromatic heterocycles. The fraction of sp³-hybridized carbons (Fsp3) is 0.590. The van der Waals surface area contributed by atoms with Gasteiger partial charge >= 0.3 is 5.97 Å². The fourth-order valence-electron chi connectivity index (χ4n) is 5.58. The summed E-state index contributed by atoms with van der Waals surface area (Å²) >= 11 is 4.19. The molecule has 7 atom stereocenters. The van der Waals surface area contributed by atoms with Crippen LogP contribution in [-0.2, 0) is 49.6 Å². The van der Waals surface area contributed by atoms with Gasteiger partial charge in [0.15, 0.2) is 5.96 Å². The van der Waals surface area contributed by atoms with Gasteiger partial charge in [0.05, 0.1) is 12.6 Å². The molecule has 346 valence electrons. The smallest absolute Gasteiger partial charge is 0.325 e. The van der Waals surface area contributed by atoms with Gasteiger partial charge < -0.3 is 65.3 Å². The highest BCUT2D eigenvalue weighted by Gasteiger charge is 2.33.